The topological polar surface area (TPSA) is 47.9 Å². The second kappa shape index (κ2) is 8.08. The number of carbonyl (C=O) groups excluding carboxylic acids is 1. The van der Waals surface area contributed by atoms with Gasteiger partial charge in [0.05, 0.1) is 18.6 Å². The summed E-state index contributed by atoms with van der Waals surface area (Å²) in [7, 11) is 1.66. The lowest BCUT2D eigenvalue weighted by molar-refractivity contribution is -0.161. The first kappa shape index (κ1) is 22.4. The Labute approximate surface area is 210 Å². The van der Waals surface area contributed by atoms with Gasteiger partial charge in [-0.2, -0.15) is 0 Å². The monoisotopic (exact) mass is 475 g/mol. The van der Waals surface area contributed by atoms with E-state index in [1.165, 1.54) is 57.8 Å². The second-order valence-corrected chi connectivity index (χ2v) is 13.7. The molecule has 0 radical (unpaired) electrons. The van der Waals surface area contributed by atoms with Crippen LogP contribution in [0.3, 0.4) is 0 Å². The van der Waals surface area contributed by atoms with E-state index in [2.05, 4.69) is 6.92 Å². The highest BCUT2D eigenvalue weighted by Crippen LogP contribution is 2.62. The molecule has 1 aromatic carbocycles. The van der Waals surface area contributed by atoms with Crippen LogP contribution in [0.4, 0.5) is 0 Å². The average molecular weight is 476 g/mol. The fourth-order valence-corrected chi connectivity index (χ4v) is 10.5. The molecule has 0 spiro atoms. The third kappa shape index (κ3) is 3.76. The number of benzene rings is 1. The zero-order chi connectivity index (χ0) is 23.8. The Hall–Kier alpha value is -1.84. The molecule has 0 aliphatic heterocycles. The zero-order valence-electron chi connectivity index (χ0n) is 21.5. The van der Waals surface area contributed by atoms with Gasteiger partial charge in [0.1, 0.15) is 0 Å². The van der Waals surface area contributed by atoms with E-state index < -0.39 is 0 Å². The van der Waals surface area contributed by atoms with Crippen molar-refractivity contribution < 1.29 is 14.3 Å². The molecule has 1 atom stereocenters. The molecule has 8 bridgehead atoms. The van der Waals surface area contributed by atoms with Crippen LogP contribution in [0.2, 0.25) is 0 Å². The van der Waals surface area contributed by atoms with Crippen molar-refractivity contribution in [1.29, 1.82) is 0 Å². The summed E-state index contributed by atoms with van der Waals surface area (Å²) < 4.78 is 11.7. The molecule has 8 saturated carbocycles. The first-order valence-electron chi connectivity index (χ1n) is 14.4. The molecule has 8 fully saturated rings. The summed E-state index contributed by atoms with van der Waals surface area (Å²) in [6.07, 6.45) is 17.6. The lowest BCUT2D eigenvalue weighted by Crippen LogP contribution is -2.51. The average Bonchev–Trinajstić information content (AvgIpc) is 2.81. The van der Waals surface area contributed by atoms with Gasteiger partial charge in [0, 0.05) is 6.21 Å². The Balaban J connectivity index is 1.06. The van der Waals surface area contributed by atoms with Crippen molar-refractivity contribution >= 4 is 12.2 Å². The Morgan fingerprint density at radius 1 is 0.857 bits per heavy atom. The Morgan fingerprint density at radius 3 is 1.89 bits per heavy atom. The smallest absolute Gasteiger partial charge is 0.317 e. The first-order chi connectivity index (χ1) is 16.9. The van der Waals surface area contributed by atoms with Crippen LogP contribution >= 0.6 is 0 Å². The highest BCUT2D eigenvalue weighted by molar-refractivity contribution is 5.83. The van der Waals surface area contributed by atoms with Crippen LogP contribution in [0, 0.1) is 46.3 Å². The summed E-state index contributed by atoms with van der Waals surface area (Å²) in [5.41, 5.74) is 1.18. The number of aliphatic imine (C=N–C) groups is 1. The molecule has 8 aliphatic carbocycles. The zero-order valence-corrected chi connectivity index (χ0v) is 21.5. The van der Waals surface area contributed by atoms with Crippen molar-refractivity contribution in [2.45, 2.75) is 90.0 Å². The SMILES string of the molecule is COc1cc(C=NC(C)C23CC4CC(CC(C4)C2)C3)ccc1OC(=O)C12CC3CC(CC(C3)C1)C2. The maximum atomic E-state index is 13.4. The van der Waals surface area contributed by atoms with Gasteiger partial charge in [0.25, 0.3) is 0 Å². The number of hydrogen-bond acceptors (Lipinski definition) is 4. The lowest BCUT2D eigenvalue weighted by atomic mass is 9.48. The van der Waals surface area contributed by atoms with E-state index in [1.807, 2.05) is 24.4 Å². The van der Waals surface area contributed by atoms with Crippen LogP contribution in [-0.2, 0) is 4.79 Å². The van der Waals surface area contributed by atoms with Gasteiger partial charge >= 0.3 is 5.97 Å². The van der Waals surface area contributed by atoms with Gasteiger partial charge in [-0.1, -0.05) is 0 Å². The van der Waals surface area contributed by atoms with Gasteiger partial charge < -0.3 is 9.47 Å². The summed E-state index contributed by atoms with van der Waals surface area (Å²) in [6.45, 7) is 2.34. The second-order valence-electron chi connectivity index (χ2n) is 13.7. The molecule has 1 aromatic rings. The van der Waals surface area contributed by atoms with E-state index in [-0.39, 0.29) is 11.4 Å². The Kier molecular flexibility index (Phi) is 5.16. The molecule has 1 unspecified atom stereocenters. The van der Waals surface area contributed by atoms with Crippen molar-refractivity contribution in [2.24, 2.45) is 51.3 Å². The van der Waals surface area contributed by atoms with E-state index in [4.69, 9.17) is 14.5 Å². The molecule has 0 saturated heterocycles. The van der Waals surface area contributed by atoms with Crippen molar-refractivity contribution in [2.75, 3.05) is 7.11 Å². The van der Waals surface area contributed by atoms with Crippen molar-refractivity contribution in [1.82, 2.24) is 0 Å². The van der Waals surface area contributed by atoms with Gasteiger partial charge in [-0.05, 0) is 149 Å². The number of rotatable bonds is 6. The molecule has 188 valence electrons. The quantitative estimate of drug-likeness (QED) is 0.257. The van der Waals surface area contributed by atoms with E-state index in [9.17, 15) is 4.79 Å². The van der Waals surface area contributed by atoms with Crippen LogP contribution in [0.5, 0.6) is 11.5 Å². The van der Waals surface area contributed by atoms with Crippen LogP contribution in [-0.4, -0.2) is 25.3 Å². The molecule has 8 aliphatic rings. The van der Waals surface area contributed by atoms with Gasteiger partial charge in [-0.25, -0.2) is 0 Å². The van der Waals surface area contributed by atoms with Gasteiger partial charge in [0.15, 0.2) is 11.5 Å². The van der Waals surface area contributed by atoms with Crippen LogP contribution in [0.25, 0.3) is 0 Å². The minimum Gasteiger partial charge on any atom is -0.493 e. The van der Waals surface area contributed by atoms with Crippen LogP contribution < -0.4 is 9.47 Å². The summed E-state index contributed by atoms with van der Waals surface area (Å²) >= 11 is 0. The predicted molar refractivity (Wildman–Crippen MR) is 137 cm³/mol. The Bertz CT molecular complexity index is 971. The van der Waals surface area contributed by atoms with Crippen LogP contribution in [0.15, 0.2) is 23.2 Å². The maximum Gasteiger partial charge on any atom is 0.317 e. The van der Waals surface area contributed by atoms with Crippen LogP contribution in [0.1, 0.15) is 89.5 Å². The number of hydrogen-bond donors (Lipinski definition) is 0. The molecular formula is C31H41NO3. The molecule has 9 rings (SSSR count). The molecule has 4 heteroatoms. The fourth-order valence-electron chi connectivity index (χ4n) is 10.5. The van der Waals surface area contributed by atoms with Gasteiger partial charge in [-0.3, -0.25) is 9.79 Å². The third-order valence-corrected chi connectivity index (χ3v) is 11.3. The maximum absolute atomic E-state index is 13.4. The lowest BCUT2D eigenvalue weighted by Gasteiger charge is -2.58. The van der Waals surface area contributed by atoms with Gasteiger partial charge in [-0.15, -0.1) is 0 Å². The fraction of sp³-hybridized carbons (Fsp3) is 0.742. The van der Waals surface area contributed by atoms with E-state index in [0.717, 1.165) is 60.3 Å². The largest absolute Gasteiger partial charge is 0.493 e. The van der Waals surface area contributed by atoms with Crippen molar-refractivity contribution in [3.05, 3.63) is 23.8 Å². The Morgan fingerprint density at radius 2 is 1.37 bits per heavy atom. The normalized spacial score (nSPS) is 43.6. The number of ether oxygens (including phenoxy) is 2. The van der Waals surface area contributed by atoms with Gasteiger partial charge in [0.2, 0.25) is 0 Å². The molecule has 0 aromatic heterocycles. The molecular weight excluding hydrogens is 434 g/mol. The number of nitrogens with zero attached hydrogens (tertiary/aromatic N) is 1. The minimum atomic E-state index is -0.257. The first-order valence-corrected chi connectivity index (χ1v) is 14.4. The summed E-state index contributed by atoms with van der Waals surface area (Å²) in [6, 6.07) is 6.28. The summed E-state index contributed by atoms with van der Waals surface area (Å²) in [5.74, 6) is 6.19. The molecule has 35 heavy (non-hydrogen) atoms. The summed E-state index contributed by atoms with van der Waals surface area (Å²) in [4.78, 5) is 18.5. The molecule has 0 amide bonds. The van der Waals surface area contributed by atoms with E-state index in [1.54, 1.807) is 7.11 Å². The highest BCUT2D eigenvalue weighted by Gasteiger charge is 2.56. The minimum absolute atomic E-state index is 0.0215. The number of methoxy groups -OCH3 is 1. The van der Waals surface area contributed by atoms with E-state index in [0.29, 0.717) is 23.0 Å². The predicted octanol–water partition coefficient (Wildman–Crippen LogP) is 6.84. The van der Waals surface area contributed by atoms with Crippen molar-refractivity contribution in [3.8, 4) is 11.5 Å². The molecule has 4 nitrogen and oxygen atoms in total. The van der Waals surface area contributed by atoms with Crippen molar-refractivity contribution in [3.63, 3.8) is 0 Å². The van der Waals surface area contributed by atoms with E-state index >= 15 is 0 Å². The third-order valence-electron chi connectivity index (χ3n) is 11.3. The standard InChI is InChI=1S/C31H41NO3/c1-19(30-12-21-5-22(13-30)7-23(6-21)14-30)32-18-20-3-4-27(28(11-20)34-2)35-29(33)31-15-24-8-25(16-31)10-26(9-24)17-31/h3-4,11,18-19,21-26H,5-10,12-17H2,1-2H3. The molecule has 0 N–H and O–H groups in total. The highest BCUT2D eigenvalue weighted by atomic mass is 16.6. The molecule has 0 heterocycles. The number of esters is 1. The summed E-state index contributed by atoms with van der Waals surface area (Å²) in [5, 5.41) is 0. The number of carbonyl (C=O) groups is 1.